The number of methoxy groups -OCH3 is 1. The zero-order valence-electron chi connectivity index (χ0n) is 12.0. The molecule has 0 aliphatic rings. The molecule has 1 aromatic rings. The Labute approximate surface area is 132 Å². The highest BCUT2D eigenvalue weighted by Gasteiger charge is 2.26. The molecule has 0 aromatic heterocycles. The molecule has 0 saturated carbocycles. The van der Waals surface area contributed by atoms with E-state index in [1.165, 1.54) is 18.9 Å². The number of non-ortho nitro benzene ring substituents is 1. The maximum absolute atomic E-state index is 12.2. The van der Waals surface area contributed by atoms with Crippen molar-refractivity contribution in [3.05, 3.63) is 34.4 Å². The first-order chi connectivity index (χ1) is 10.3. The molecule has 1 unspecified atom stereocenters. The molecule has 1 N–H and O–H groups in total. The van der Waals surface area contributed by atoms with Gasteiger partial charge in [-0.2, -0.15) is 16.5 Å². The van der Waals surface area contributed by atoms with Gasteiger partial charge >= 0.3 is 5.97 Å². The lowest BCUT2D eigenvalue weighted by Gasteiger charge is -2.16. The van der Waals surface area contributed by atoms with Crippen LogP contribution in [0.15, 0.2) is 29.2 Å². The molecule has 0 aliphatic carbocycles. The summed E-state index contributed by atoms with van der Waals surface area (Å²) < 4.78 is 31.3. The number of rotatable bonds is 8. The maximum Gasteiger partial charge on any atom is 0.323 e. The number of hydrogen-bond acceptors (Lipinski definition) is 7. The van der Waals surface area contributed by atoms with Crippen LogP contribution in [0.25, 0.3) is 0 Å². The normalized spacial score (nSPS) is 12.6. The van der Waals surface area contributed by atoms with Crippen molar-refractivity contribution >= 4 is 33.4 Å². The highest BCUT2D eigenvalue weighted by atomic mass is 32.2. The highest BCUT2D eigenvalue weighted by molar-refractivity contribution is 7.98. The minimum atomic E-state index is -3.97. The third kappa shape index (κ3) is 4.97. The predicted octanol–water partition coefficient (Wildman–Crippen LogP) is 1.17. The lowest BCUT2D eigenvalue weighted by Crippen LogP contribution is -2.41. The molecule has 1 aromatic carbocycles. The van der Waals surface area contributed by atoms with E-state index in [9.17, 15) is 23.3 Å². The number of hydrogen-bond donors (Lipinski definition) is 1. The van der Waals surface area contributed by atoms with Crippen LogP contribution in [0.3, 0.4) is 0 Å². The van der Waals surface area contributed by atoms with E-state index in [4.69, 9.17) is 0 Å². The number of nitrogens with one attached hydrogen (secondary N) is 1. The van der Waals surface area contributed by atoms with Gasteiger partial charge in [0.2, 0.25) is 10.0 Å². The van der Waals surface area contributed by atoms with Gasteiger partial charge in [-0.25, -0.2) is 8.42 Å². The Morgan fingerprint density at radius 3 is 2.45 bits per heavy atom. The number of carbonyl (C=O) groups is 1. The fourth-order valence-corrected chi connectivity index (χ4v) is 3.30. The molecule has 0 fully saturated rings. The summed E-state index contributed by atoms with van der Waals surface area (Å²) in [7, 11) is -2.79. The number of esters is 1. The van der Waals surface area contributed by atoms with Crippen molar-refractivity contribution in [2.24, 2.45) is 0 Å². The second kappa shape index (κ2) is 8.11. The molecule has 0 radical (unpaired) electrons. The predicted molar refractivity (Wildman–Crippen MR) is 82.2 cm³/mol. The van der Waals surface area contributed by atoms with Gasteiger partial charge in [0.1, 0.15) is 6.04 Å². The van der Waals surface area contributed by atoms with Crippen LogP contribution in [0.2, 0.25) is 0 Å². The summed E-state index contributed by atoms with van der Waals surface area (Å²) in [4.78, 5) is 21.4. The number of carbonyl (C=O) groups excluding carboxylic acids is 1. The average Bonchev–Trinajstić information content (AvgIpc) is 2.50. The molecule has 8 nitrogen and oxygen atoms in total. The summed E-state index contributed by atoms with van der Waals surface area (Å²) in [6, 6.07) is 3.40. The minimum absolute atomic E-state index is 0.156. The van der Waals surface area contributed by atoms with E-state index in [-0.39, 0.29) is 17.0 Å². The number of nitrogens with zero attached hydrogens (tertiary/aromatic N) is 1. The van der Waals surface area contributed by atoms with E-state index in [2.05, 4.69) is 9.46 Å². The van der Waals surface area contributed by atoms with Crippen LogP contribution in [0.5, 0.6) is 0 Å². The molecule has 0 heterocycles. The molecular weight excluding hydrogens is 332 g/mol. The zero-order chi connectivity index (χ0) is 16.8. The highest BCUT2D eigenvalue weighted by Crippen LogP contribution is 2.16. The molecule has 0 saturated heterocycles. The summed E-state index contributed by atoms with van der Waals surface area (Å²) in [5, 5.41) is 10.6. The van der Waals surface area contributed by atoms with Gasteiger partial charge in [0, 0.05) is 12.1 Å². The summed E-state index contributed by atoms with van der Waals surface area (Å²) in [5.41, 5.74) is -0.217. The Hall–Kier alpha value is -1.65. The third-order valence-corrected chi connectivity index (χ3v) is 4.88. The van der Waals surface area contributed by atoms with Crippen LogP contribution < -0.4 is 4.72 Å². The van der Waals surface area contributed by atoms with Crippen molar-refractivity contribution < 1.29 is 22.9 Å². The van der Waals surface area contributed by atoms with Gasteiger partial charge in [-0.05, 0) is 30.6 Å². The molecule has 10 heteroatoms. The van der Waals surface area contributed by atoms with E-state index < -0.39 is 27.0 Å². The fraction of sp³-hybridized carbons (Fsp3) is 0.417. The first-order valence-electron chi connectivity index (χ1n) is 6.15. The molecule has 0 bridgehead atoms. The summed E-state index contributed by atoms with van der Waals surface area (Å²) in [6.45, 7) is 0. The number of thioether (sulfide) groups is 1. The largest absolute Gasteiger partial charge is 0.468 e. The average molecular weight is 348 g/mol. The Balaban J connectivity index is 2.95. The van der Waals surface area contributed by atoms with Crippen molar-refractivity contribution in [3.8, 4) is 0 Å². The second-order valence-corrected chi connectivity index (χ2v) is 6.93. The van der Waals surface area contributed by atoms with Gasteiger partial charge in [-0.3, -0.25) is 14.9 Å². The molecular formula is C12H16N2O6S2. The first-order valence-corrected chi connectivity index (χ1v) is 9.03. The van der Waals surface area contributed by atoms with Gasteiger partial charge < -0.3 is 4.74 Å². The summed E-state index contributed by atoms with van der Waals surface area (Å²) in [5.74, 6) is -0.109. The van der Waals surface area contributed by atoms with Crippen LogP contribution in [-0.4, -0.2) is 44.5 Å². The van der Waals surface area contributed by atoms with Crippen molar-refractivity contribution in [2.45, 2.75) is 17.4 Å². The summed E-state index contributed by atoms with van der Waals surface area (Å²) in [6.07, 6.45) is 2.11. The Morgan fingerprint density at radius 1 is 1.41 bits per heavy atom. The number of nitro groups is 1. The molecule has 1 rings (SSSR count). The van der Waals surface area contributed by atoms with Gasteiger partial charge in [0.25, 0.3) is 5.69 Å². The molecule has 0 spiro atoms. The summed E-state index contributed by atoms with van der Waals surface area (Å²) >= 11 is 1.47. The van der Waals surface area contributed by atoms with E-state index in [0.717, 1.165) is 24.3 Å². The number of sulfonamides is 1. The van der Waals surface area contributed by atoms with Crippen LogP contribution in [0.4, 0.5) is 5.69 Å². The van der Waals surface area contributed by atoms with E-state index in [1.807, 2.05) is 6.26 Å². The fourth-order valence-electron chi connectivity index (χ4n) is 1.61. The molecule has 0 amide bonds. The van der Waals surface area contributed by atoms with Crippen LogP contribution in [0.1, 0.15) is 6.42 Å². The van der Waals surface area contributed by atoms with Gasteiger partial charge in [-0.1, -0.05) is 0 Å². The lowest BCUT2D eigenvalue weighted by molar-refractivity contribution is -0.384. The van der Waals surface area contributed by atoms with Gasteiger partial charge in [0.15, 0.2) is 0 Å². The Kier molecular flexibility index (Phi) is 6.78. The standard InChI is InChI=1S/C12H16N2O6S2/c1-20-12(15)11(7-8-21-2)13-22(18,19)10-5-3-9(4-6-10)14(16)17/h3-6,11,13H,7-8H2,1-2H3. The van der Waals surface area contributed by atoms with Crippen LogP contribution in [0, 0.1) is 10.1 Å². The molecule has 1 atom stereocenters. The van der Waals surface area contributed by atoms with Gasteiger partial charge in [0.05, 0.1) is 16.9 Å². The minimum Gasteiger partial charge on any atom is -0.468 e. The lowest BCUT2D eigenvalue weighted by atomic mass is 10.2. The number of benzene rings is 1. The Bertz CT molecular complexity index is 630. The van der Waals surface area contributed by atoms with Crippen molar-refractivity contribution in [1.82, 2.24) is 4.72 Å². The monoisotopic (exact) mass is 348 g/mol. The van der Waals surface area contributed by atoms with Crippen molar-refractivity contribution in [1.29, 1.82) is 0 Å². The zero-order valence-corrected chi connectivity index (χ0v) is 13.6. The third-order valence-electron chi connectivity index (χ3n) is 2.75. The SMILES string of the molecule is COC(=O)C(CCSC)NS(=O)(=O)c1ccc([N+](=O)[O-])cc1. The van der Waals surface area contributed by atoms with Crippen molar-refractivity contribution in [3.63, 3.8) is 0 Å². The second-order valence-electron chi connectivity index (χ2n) is 4.23. The van der Waals surface area contributed by atoms with Crippen molar-refractivity contribution in [2.75, 3.05) is 19.1 Å². The van der Waals surface area contributed by atoms with Crippen LogP contribution >= 0.6 is 11.8 Å². The molecule has 122 valence electrons. The first kappa shape index (κ1) is 18.4. The van der Waals surface area contributed by atoms with E-state index in [0.29, 0.717) is 5.75 Å². The number of nitro benzene ring substituents is 1. The quantitative estimate of drug-likeness (QED) is 0.426. The van der Waals surface area contributed by atoms with E-state index >= 15 is 0 Å². The number of ether oxygens (including phenoxy) is 1. The molecule has 22 heavy (non-hydrogen) atoms. The Morgan fingerprint density at radius 2 is 2.00 bits per heavy atom. The maximum atomic E-state index is 12.2. The molecule has 0 aliphatic heterocycles. The van der Waals surface area contributed by atoms with Gasteiger partial charge in [-0.15, -0.1) is 0 Å². The topological polar surface area (TPSA) is 116 Å². The smallest absolute Gasteiger partial charge is 0.323 e. The van der Waals surface area contributed by atoms with Crippen LogP contribution in [-0.2, 0) is 19.6 Å². The van der Waals surface area contributed by atoms with E-state index in [1.54, 1.807) is 0 Å².